The van der Waals surface area contributed by atoms with Gasteiger partial charge in [0, 0.05) is 19.0 Å². The van der Waals surface area contributed by atoms with E-state index in [0.717, 1.165) is 11.9 Å². The van der Waals surface area contributed by atoms with Gasteiger partial charge in [-0.15, -0.1) is 0 Å². The Balaban J connectivity index is 2.57. The van der Waals surface area contributed by atoms with Gasteiger partial charge in [0.25, 0.3) is 5.56 Å². The summed E-state index contributed by atoms with van der Waals surface area (Å²) >= 11 is 0. The van der Waals surface area contributed by atoms with E-state index in [-0.39, 0.29) is 10.5 Å². The summed E-state index contributed by atoms with van der Waals surface area (Å²) in [5.41, 5.74) is 1.91. The third-order valence-electron chi connectivity index (χ3n) is 2.80. The fourth-order valence-corrected chi connectivity index (χ4v) is 2.53. The van der Waals surface area contributed by atoms with Crippen LogP contribution in [0.2, 0.25) is 0 Å². The fraction of sp³-hybridized carbons (Fsp3) is 0.250. The number of sulfone groups is 1. The van der Waals surface area contributed by atoms with Gasteiger partial charge >= 0.3 is 0 Å². The highest BCUT2D eigenvalue weighted by molar-refractivity contribution is 7.90. The first-order chi connectivity index (χ1) is 8.30. The van der Waals surface area contributed by atoms with Crippen LogP contribution in [0.5, 0.6) is 0 Å². The van der Waals surface area contributed by atoms with Crippen LogP contribution in [0.1, 0.15) is 5.69 Å². The van der Waals surface area contributed by atoms with Crippen molar-refractivity contribution < 1.29 is 8.42 Å². The minimum absolute atomic E-state index is 0.125. The Morgan fingerprint density at radius 2 is 1.72 bits per heavy atom. The van der Waals surface area contributed by atoms with Crippen molar-refractivity contribution >= 4 is 9.84 Å². The second-order valence-electron chi connectivity index (χ2n) is 4.27. The highest BCUT2D eigenvalue weighted by Gasteiger charge is 2.12. The number of aromatic nitrogens is 2. The number of aromatic amines is 1. The molecule has 1 N–H and O–H groups in total. The standard InChI is InChI=1S/C12H14N2O3S/c1-8-11(12(15)14(2)13-8)9-4-6-10(7-5-9)18(3,16)17/h4-7,13H,1-3H3. The van der Waals surface area contributed by atoms with Gasteiger partial charge in [0.15, 0.2) is 9.84 Å². The zero-order valence-electron chi connectivity index (χ0n) is 10.4. The molecule has 6 heteroatoms. The normalized spacial score (nSPS) is 11.7. The number of H-pyrrole nitrogens is 1. The average Bonchev–Trinajstić information content (AvgIpc) is 2.52. The maximum atomic E-state index is 11.9. The topological polar surface area (TPSA) is 71.9 Å². The molecule has 0 bridgehead atoms. The second kappa shape index (κ2) is 4.13. The lowest BCUT2D eigenvalue weighted by Gasteiger charge is -2.01. The van der Waals surface area contributed by atoms with E-state index in [4.69, 9.17) is 0 Å². The Hall–Kier alpha value is -1.82. The largest absolute Gasteiger partial charge is 0.300 e. The van der Waals surface area contributed by atoms with E-state index in [1.165, 1.54) is 16.8 Å². The van der Waals surface area contributed by atoms with Crippen LogP contribution in [0.15, 0.2) is 34.0 Å². The van der Waals surface area contributed by atoms with Gasteiger partial charge in [-0.05, 0) is 24.6 Å². The summed E-state index contributed by atoms with van der Waals surface area (Å²) in [6.07, 6.45) is 1.16. The monoisotopic (exact) mass is 266 g/mol. The van der Waals surface area contributed by atoms with E-state index in [2.05, 4.69) is 5.10 Å². The van der Waals surface area contributed by atoms with Crippen molar-refractivity contribution in [3.63, 3.8) is 0 Å². The predicted octanol–water partition coefficient (Wildman–Crippen LogP) is 1.09. The highest BCUT2D eigenvalue weighted by atomic mass is 32.2. The minimum atomic E-state index is -3.21. The number of nitrogens with one attached hydrogen (secondary N) is 1. The molecular formula is C12H14N2O3S. The summed E-state index contributed by atoms with van der Waals surface area (Å²) in [5, 5.41) is 2.91. The van der Waals surface area contributed by atoms with Crippen LogP contribution >= 0.6 is 0 Å². The molecule has 0 spiro atoms. The molecule has 0 atom stereocenters. The van der Waals surface area contributed by atoms with Crippen molar-refractivity contribution in [2.75, 3.05) is 6.26 Å². The molecule has 1 heterocycles. The van der Waals surface area contributed by atoms with Crippen molar-refractivity contribution in [2.24, 2.45) is 7.05 Å². The molecule has 2 aromatic rings. The third-order valence-corrected chi connectivity index (χ3v) is 3.93. The Morgan fingerprint density at radius 3 is 2.11 bits per heavy atom. The summed E-state index contributed by atoms with van der Waals surface area (Å²) in [5.74, 6) is 0. The quantitative estimate of drug-likeness (QED) is 0.884. The number of hydrogen-bond donors (Lipinski definition) is 1. The van der Waals surface area contributed by atoms with Gasteiger partial charge in [0.1, 0.15) is 0 Å². The van der Waals surface area contributed by atoms with Crippen LogP contribution in [0.25, 0.3) is 11.1 Å². The molecule has 96 valence electrons. The summed E-state index contributed by atoms with van der Waals surface area (Å²) in [4.78, 5) is 12.1. The van der Waals surface area contributed by atoms with E-state index in [0.29, 0.717) is 11.1 Å². The summed E-state index contributed by atoms with van der Waals surface area (Å²) in [6.45, 7) is 1.81. The van der Waals surface area contributed by atoms with Gasteiger partial charge < -0.3 is 0 Å². The lowest BCUT2D eigenvalue weighted by molar-refractivity contribution is 0.602. The SMILES string of the molecule is Cc1[nH]n(C)c(=O)c1-c1ccc(S(C)(=O)=O)cc1. The van der Waals surface area contributed by atoms with Crippen LogP contribution < -0.4 is 5.56 Å². The molecular weight excluding hydrogens is 252 g/mol. The van der Waals surface area contributed by atoms with Gasteiger partial charge in [-0.3, -0.25) is 14.6 Å². The van der Waals surface area contributed by atoms with Gasteiger partial charge in [-0.2, -0.15) is 0 Å². The van der Waals surface area contributed by atoms with E-state index < -0.39 is 9.84 Å². The van der Waals surface area contributed by atoms with E-state index in [1.54, 1.807) is 26.1 Å². The minimum Gasteiger partial charge on any atom is -0.300 e. The van der Waals surface area contributed by atoms with Crippen LogP contribution in [-0.2, 0) is 16.9 Å². The smallest absolute Gasteiger partial charge is 0.274 e. The summed E-state index contributed by atoms with van der Waals surface area (Å²) < 4.78 is 24.1. The number of rotatable bonds is 2. The highest BCUT2D eigenvalue weighted by Crippen LogP contribution is 2.20. The van der Waals surface area contributed by atoms with Gasteiger partial charge in [-0.1, -0.05) is 12.1 Å². The zero-order chi connectivity index (χ0) is 13.5. The van der Waals surface area contributed by atoms with Crippen LogP contribution in [-0.4, -0.2) is 24.5 Å². The van der Waals surface area contributed by atoms with Crippen LogP contribution in [0, 0.1) is 6.92 Å². The van der Waals surface area contributed by atoms with E-state index >= 15 is 0 Å². The summed E-state index contributed by atoms with van der Waals surface area (Å²) in [6, 6.07) is 6.31. The number of nitrogens with zero attached hydrogens (tertiary/aromatic N) is 1. The molecule has 1 aromatic carbocycles. The fourth-order valence-electron chi connectivity index (χ4n) is 1.90. The van der Waals surface area contributed by atoms with Gasteiger partial charge in [-0.25, -0.2) is 8.42 Å². The third kappa shape index (κ3) is 2.11. The van der Waals surface area contributed by atoms with Crippen molar-refractivity contribution in [2.45, 2.75) is 11.8 Å². The zero-order valence-corrected chi connectivity index (χ0v) is 11.2. The molecule has 5 nitrogen and oxygen atoms in total. The van der Waals surface area contributed by atoms with Gasteiger partial charge in [0.05, 0.1) is 10.5 Å². The first-order valence-corrected chi connectivity index (χ1v) is 7.26. The van der Waals surface area contributed by atoms with Crippen molar-refractivity contribution in [1.82, 2.24) is 9.78 Å². The Bertz CT molecular complexity index is 737. The molecule has 0 aliphatic carbocycles. The van der Waals surface area contributed by atoms with Gasteiger partial charge in [0.2, 0.25) is 0 Å². The lowest BCUT2D eigenvalue weighted by Crippen LogP contribution is -2.13. The first kappa shape index (κ1) is 12.6. The predicted molar refractivity (Wildman–Crippen MR) is 69.3 cm³/mol. The van der Waals surface area contributed by atoms with Crippen LogP contribution in [0.4, 0.5) is 0 Å². The molecule has 0 radical (unpaired) electrons. The molecule has 0 amide bonds. The number of hydrogen-bond acceptors (Lipinski definition) is 3. The first-order valence-electron chi connectivity index (χ1n) is 5.37. The second-order valence-corrected chi connectivity index (χ2v) is 6.29. The molecule has 1 aromatic heterocycles. The Kier molecular flexibility index (Phi) is 2.90. The average molecular weight is 266 g/mol. The van der Waals surface area contributed by atoms with Crippen molar-refractivity contribution in [1.29, 1.82) is 0 Å². The van der Waals surface area contributed by atoms with Crippen LogP contribution in [0.3, 0.4) is 0 Å². The van der Waals surface area contributed by atoms with E-state index in [1.807, 2.05) is 0 Å². The Morgan fingerprint density at radius 1 is 1.17 bits per heavy atom. The van der Waals surface area contributed by atoms with Crippen molar-refractivity contribution in [3.05, 3.63) is 40.3 Å². The molecule has 0 saturated carbocycles. The Labute approximate surface area is 105 Å². The van der Waals surface area contributed by atoms with E-state index in [9.17, 15) is 13.2 Å². The molecule has 18 heavy (non-hydrogen) atoms. The van der Waals surface area contributed by atoms with Crippen molar-refractivity contribution in [3.8, 4) is 11.1 Å². The number of aryl methyl sites for hydroxylation is 2. The molecule has 0 aliphatic heterocycles. The molecule has 0 saturated heterocycles. The molecule has 0 aliphatic rings. The number of benzene rings is 1. The summed E-state index contributed by atoms with van der Waals surface area (Å²) in [7, 11) is -1.57. The molecule has 0 fully saturated rings. The molecule has 0 unspecified atom stereocenters. The maximum absolute atomic E-state index is 11.9. The molecule has 2 rings (SSSR count). The maximum Gasteiger partial charge on any atom is 0.274 e. The lowest BCUT2D eigenvalue weighted by atomic mass is 10.1.